The first-order valence-electron chi connectivity index (χ1n) is 10.8. The summed E-state index contributed by atoms with van der Waals surface area (Å²) >= 11 is 0. The zero-order chi connectivity index (χ0) is 22.2. The number of hydrogen-bond acceptors (Lipinski definition) is 5. The number of carbonyl (C=O) groups is 1. The summed E-state index contributed by atoms with van der Waals surface area (Å²) in [5.41, 5.74) is 6.12. The molecular weight excluding hydrogens is 390 g/mol. The average Bonchev–Trinajstić information content (AvgIpc) is 3.61. The van der Waals surface area contributed by atoms with Gasteiger partial charge in [-0.05, 0) is 61.3 Å². The second-order valence-electron chi connectivity index (χ2n) is 7.82. The number of aryl methyl sites for hydroxylation is 2. The molecule has 1 aliphatic rings. The highest BCUT2D eigenvalue weighted by molar-refractivity contribution is 6.45. The second-order valence-corrected chi connectivity index (χ2v) is 7.82. The van der Waals surface area contributed by atoms with Crippen molar-refractivity contribution < 1.29 is 14.5 Å². The van der Waals surface area contributed by atoms with Crippen LogP contribution in [0.2, 0.25) is 0 Å². The molecule has 0 radical (unpaired) electrons. The Kier molecular flexibility index (Phi) is 7.82. The van der Waals surface area contributed by atoms with Gasteiger partial charge < -0.3 is 15.0 Å². The first-order chi connectivity index (χ1) is 15.1. The second kappa shape index (κ2) is 10.8. The van der Waals surface area contributed by atoms with Crippen LogP contribution in [0.5, 0.6) is 0 Å². The van der Waals surface area contributed by atoms with Crippen LogP contribution < -0.4 is 5.32 Å². The molecule has 3 rings (SSSR count). The quantitative estimate of drug-likeness (QED) is 0.457. The summed E-state index contributed by atoms with van der Waals surface area (Å²) in [4.78, 5) is 23.1. The van der Waals surface area contributed by atoms with Crippen LogP contribution in [0.15, 0.2) is 52.8 Å². The minimum atomic E-state index is -0.317. The molecule has 1 aliphatic carbocycles. The highest BCUT2D eigenvalue weighted by Crippen LogP contribution is 2.34. The Balaban J connectivity index is 1.87. The molecule has 0 saturated heterocycles. The molecule has 0 spiro atoms. The van der Waals surface area contributed by atoms with Crippen LogP contribution in [-0.4, -0.2) is 31.5 Å². The van der Waals surface area contributed by atoms with Crippen molar-refractivity contribution in [3.63, 3.8) is 0 Å². The minimum absolute atomic E-state index is 0.213. The normalized spacial score (nSPS) is 14.3. The summed E-state index contributed by atoms with van der Waals surface area (Å²) in [6.45, 7) is 4.37. The number of amides is 1. The van der Waals surface area contributed by atoms with Crippen molar-refractivity contribution in [2.75, 3.05) is 14.2 Å². The Labute approximate surface area is 184 Å². The van der Waals surface area contributed by atoms with Gasteiger partial charge in [0.2, 0.25) is 0 Å². The summed E-state index contributed by atoms with van der Waals surface area (Å²) < 4.78 is 0. The van der Waals surface area contributed by atoms with E-state index in [0.29, 0.717) is 11.5 Å². The Morgan fingerprint density at radius 1 is 1.16 bits per heavy atom. The average molecular weight is 422 g/mol. The summed E-state index contributed by atoms with van der Waals surface area (Å²) in [5, 5.41) is 11.1. The molecule has 1 N–H and O–H groups in total. The molecule has 1 fully saturated rings. The predicted molar refractivity (Wildman–Crippen MR) is 123 cm³/mol. The third-order valence-corrected chi connectivity index (χ3v) is 5.52. The van der Waals surface area contributed by atoms with E-state index in [-0.39, 0.29) is 18.2 Å². The number of benzene rings is 2. The van der Waals surface area contributed by atoms with E-state index in [4.69, 9.17) is 9.68 Å². The molecule has 1 saturated carbocycles. The fraction of sp³-hybridized carbons (Fsp3) is 0.400. The van der Waals surface area contributed by atoms with Gasteiger partial charge in [0, 0.05) is 18.2 Å². The van der Waals surface area contributed by atoms with Gasteiger partial charge in [0.05, 0.1) is 5.71 Å². The summed E-state index contributed by atoms with van der Waals surface area (Å²) in [6, 6.07) is 14.2. The zero-order valence-electron chi connectivity index (χ0n) is 18.8. The highest BCUT2D eigenvalue weighted by Gasteiger charge is 2.25. The number of hydrogen-bond donors (Lipinski definition) is 1. The van der Waals surface area contributed by atoms with Gasteiger partial charge in [0.15, 0.2) is 5.71 Å². The van der Waals surface area contributed by atoms with Crippen molar-refractivity contribution >= 4 is 17.3 Å². The SMILES string of the molecule is CCc1cccc(/C(CC2CC2)=N/OCc2c(C)cccc2/C(=N\OC)C(=O)NC)c1. The lowest BCUT2D eigenvalue weighted by Gasteiger charge is -2.13. The van der Waals surface area contributed by atoms with Crippen molar-refractivity contribution in [1.29, 1.82) is 0 Å². The van der Waals surface area contributed by atoms with Gasteiger partial charge in [-0.2, -0.15) is 0 Å². The molecule has 0 aliphatic heterocycles. The van der Waals surface area contributed by atoms with Gasteiger partial charge in [-0.1, -0.05) is 53.6 Å². The topological polar surface area (TPSA) is 72.3 Å². The molecule has 0 unspecified atom stereocenters. The Morgan fingerprint density at radius 2 is 1.94 bits per heavy atom. The maximum absolute atomic E-state index is 12.3. The molecule has 2 aromatic rings. The van der Waals surface area contributed by atoms with E-state index >= 15 is 0 Å². The lowest BCUT2D eigenvalue weighted by Crippen LogP contribution is -2.29. The lowest BCUT2D eigenvalue weighted by atomic mass is 9.98. The molecule has 164 valence electrons. The molecule has 0 heterocycles. The molecule has 0 bridgehead atoms. The molecule has 0 atom stereocenters. The standard InChI is InChI=1S/C25H31N3O3/c1-5-18-9-7-10-20(14-18)23(15-19-12-13-19)27-31-16-22-17(2)8-6-11-21(22)24(28-30-4)25(29)26-3/h6-11,14,19H,5,12-13,15-16H2,1-4H3,(H,26,29)/b27-23+,28-24+. The summed E-state index contributed by atoms with van der Waals surface area (Å²) in [7, 11) is 2.99. The fourth-order valence-corrected chi connectivity index (χ4v) is 3.49. The molecular formula is C25H31N3O3. The maximum Gasteiger partial charge on any atom is 0.273 e. The van der Waals surface area contributed by atoms with Gasteiger partial charge in [0.1, 0.15) is 13.7 Å². The van der Waals surface area contributed by atoms with E-state index in [1.165, 1.54) is 25.5 Å². The summed E-state index contributed by atoms with van der Waals surface area (Å²) in [6.07, 6.45) is 4.40. The van der Waals surface area contributed by atoms with Crippen molar-refractivity contribution in [2.45, 2.75) is 46.1 Å². The van der Waals surface area contributed by atoms with Crippen LogP contribution in [-0.2, 0) is 27.5 Å². The van der Waals surface area contributed by atoms with Crippen LogP contribution in [0, 0.1) is 12.8 Å². The van der Waals surface area contributed by atoms with E-state index in [9.17, 15) is 4.79 Å². The van der Waals surface area contributed by atoms with Gasteiger partial charge in [-0.25, -0.2) is 0 Å². The fourth-order valence-electron chi connectivity index (χ4n) is 3.49. The van der Waals surface area contributed by atoms with E-state index in [1.807, 2.05) is 25.1 Å². The van der Waals surface area contributed by atoms with Gasteiger partial charge in [-0.3, -0.25) is 4.79 Å². The van der Waals surface area contributed by atoms with Crippen molar-refractivity contribution in [3.05, 3.63) is 70.3 Å². The van der Waals surface area contributed by atoms with Gasteiger partial charge in [0.25, 0.3) is 5.91 Å². The summed E-state index contributed by atoms with van der Waals surface area (Å²) in [5.74, 6) is 0.373. The third kappa shape index (κ3) is 5.94. The van der Waals surface area contributed by atoms with Crippen molar-refractivity contribution in [2.24, 2.45) is 16.2 Å². The first kappa shape index (κ1) is 22.5. The van der Waals surface area contributed by atoms with Crippen LogP contribution in [0.3, 0.4) is 0 Å². The monoisotopic (exact) mass is 421 g/mol. The zero-order valence-corrected chi connectivity index (χ0v) is 18.8. The molecule has 31 heavy (non-hydrogen) atoms. The Morgan fingerprint density at radius 3 is 2.61 bits per heavy atom. The Hall–Kier alpha value is -3.15. The highest BCUT2D eigenvalue weighted by atomic mass is 16.6. The van der Waals surface area contributed by atoms with Crippen LogP contribution in [0.4, 0.5) is 0 Å². The number of carbonyl (C=O) groups excluding carboxylic acids is 1. The number of nitrogens with zero attached hydrogens (tertiary/aromatic N) is 2. The largest absolute Gasteiger partial charge is 0.398 e. The van der Waals surface area contributed by atoms with E-state index < -0.39 is 0 Å². The molecule has 0 aromatic heterocycles. The van der Waals surface area contributed by atoms with E-state index in [0.717, 1.165) is 35.2 Å². The number of rotatable bonds is 10. The molecule has 2 aromatic carbocycles. The first-order valence-corrected chi connectivity index (χ1v) is 10.8. The number of nitrogens with one attached hydrogen (secondary N) is 1. The van der Waals surface area contributed by atoms with Gasteiger partial charge >= 0.3 is 0 Å². The smallest absolute Gasteiger partial charge is 0.273 e. The Bertz CT molecular complexity index is 978. The number of oxime groups is 2. The van der Waals surface area contributed by atoms with Crippen LogP contribution in [0.25, 0.3) is 0 Å². The molecule has 6 heteroatoms. The maximum atomic E-state index is 12.3. The van der Waals surface area contributed by atoms with Crippen molar-refractivity contribution in [1.82, 2.24) is 5.32 Å². The lowest BCUT2D eigenvalue weighted by molar-refractivity contribution is -0.114. The van der Waals surface area contributed by atoms with Crippen molar-refractivity contribution in [3.8, 4) is 0 Å². The van der Waals surface area contributed by atoms with Crippen LogP contribution in [0.1, 0.15) is 54.0 Å². The van der Waals surface area contributed by atoms with Gasteiger partial charge in [-0.15, -0.1) is 0 Å². The minimum Gasteiger partial charge on any atom is -0.398 e. The van der Waals surface area contributed by atoms with E-state index in [1.54, 1.807) is 7.05 Å². The van der Waals surface area contributed by atoms with Crippen LogP contribution >= 0.6 is 0 Å². The predicted octanol–water partition coefficient (Wildman–Crippen LogP) is 4.37. The molecule has 1 amide bonds. The van der Waals surface area contributed by atoms with E-state index in [2.05, 4.69) is 46.8 Å². The molecule has 6 nitrogen and oxygen atoms in total. The third-order valence-electron chi connectivity index (χ3n) is 5.52. The number of likely N-dealkylation sites (N-methyl/N-ethyl adjacent to an activating group) is 1.